The minimum absolute atomic E-state index is 0.0475. The molecule has 2 aromatic rings. The molecule has 0 aromatic heterocycles. The molecule has 0 spiro atoms. The van der Waals surface area contributed by atoms with E-state index >= 15 is 0 Å². The first-order valence-electron chi connectivity index (χ1n) is 6.31. The summed E-state index contributed by atoms with van der Waals surface area (Å²) in [5, 5.41) is 8.72. The van der Waals surface area contributed by atoms with E-state index in [0.29, 0.717) is 11.1 Å². The SMILES string of the molecule is N#Cc1ccc(S(=O)(=O)N[C@@H](C(N)=O)c2ccccc2)cc1. The Bertz CT molecular complexity index is 809. The molecule has 0 aliphatic carbocycles. The smallest absolute Gasteiger partial charge is 0.241 e. The van der Waals surface area contributed by atoms with Crippen LogP contribution in [0.3, 0.4) is 0 Å². The van der Waals surface area contributed by atoms with E-state index in [4.69, 9.17) is 11.0 Å². The topological polar surface area (TPSA) is 113 Å². The van der Waals surface area contributed by atoms with E-state index in [1.807, 2.05) is 6.07 Å². The van der Waals surface area contributed by atoms with Gasteiger partial charge in [0.05, 0.1) is 16.5 Å². The van der Waals surface area contributed by atoms with Crippen LogP contribution >= 0.6 is 0 Å². The number of carbonyl (C=O) groups excluding carboxylic acids is 1. The molecule has 0 saturated heterocycles. The highest BCUT2D eigenvalue weighted by Gasteiger charge is 2.25. The Morgan fingerprint density at radius 2 is 1.68 bits per heavy atom. The zero-order chi connectivity index (χ0) is 16.2. The van der Waals surface area contributed by atoms with Crippen molar-refractivity contribution < 1.29 is 13.2 Å². The molecular formula is C15H13N3O3S. The number of rotatable bonds is 5. The number of nitrogens with zero attached hydrogens (tertiary/aromatic N) is 1. The van der Waals surface area contributed by atoms with Crippen LogP contribution in [0.25, 0.3) is 0 Å². The largest absolute Gasteiger partial charge is 0.368 e. The second-order valence-electron chi connectivity index (χ2n) is 4.50. The van der Waals surface area contributed by atoms with E-state index in [1.165, 1.54) is 24.3 Å². The number of nitrogens with one attached hydrogen (secondary N) is 1. The first-order valence-corrected chi connectivity index (χ1v) is 7.79. The molecule has 6 nitrogen and oxygen atoms in total. The Hall–Kier alpha value is -2.69. The van der Waals surface area contributed by atoms with Crippen LogP contribution in [0.15, 0.2) is 59.5 Å². The van der Waals surface area contributed by atoms with E-state index in [9.17, 15) is 13.2 Å². The lowest BCUT2D eigenvalue weighted by Gasteiger charge is -2.16. The first kappa shape index (κ1) is 15.7. The van der Waals surface area contributed by atoms with Gasteiger partial charge in [0, 0.05) is 0 Å². The molecule has 3 N–H and O–H groups in total. The molecule has 0 fully saturated rings. The summed E-state index contributed by atoms with van der Waals surface area (Å²) >= 11 is 0. The molecule has 2 rings (SSSR count). The molecule has 1 amide bonds. The van der Waals surface area contributed by atoms with Crippen molar-refractivity contribution in [3.05, 3.63) is 65.7 Å². The van der Waals surface area contributed by atoms with E-state index in [1.54, 1.807) is 30.3 Å². The number of hydrogen-bond acceptors (Lipinski definition) is 4. The van der Waals surface area contributed by atoms with Crippen LogP contribution in [-0.2, 0) is 14.8 Å². The fraction of sp³-hybridized carbons (Fsp3) is 0.0667. The molecule has 0 radical (unpaired) electrons. The third kappa shape index (κ3) is 3.49. The fourth-order valence-electron chi connectivity index (χ4n) is 1.87. The summed E-state index contributed by atoms with van der Waals surface area (Å²) in [4.78, 5) is 11.5. The van der Waals surface area contributed by atoms with Gasteiger partial charge in [-0.1, -0.05) is 30.3 Å². The highest BCUT2D eigenvalue weighted by Crippen LogP contribution is 2.17. The molecule has 112 valence electrons. The van der Waals surface area contributed by atoms with Crippen LogP contribution in [0.1, 0.15) is 17.2 Å². The van der Waals surface area contributed by atoms with Crippen LogP contribution in [0.4, 0.5) is 0 Å². The van der Waals surface area contributed by atoms with Crippen LogP contribution in [0.2, 0.25) is 0 Å². The van der Waals surface area contributed by atoms with Crippen molar-refractivity contribution in [3.8, 4) is 6.07 Å². The van der Waals surface area contributed by atoms with Gasteiger partial charge in [0.25, 0.3) is 0 Å². The lowest BCUT2D eigenvalue weighted by atomic mass is 10.1. The van der Waals surface area contributed by atoms with Gasteiger partial charge in [-0.15, -0.1) is 0 Å². The van der Waals surface area contributed by atoms with Crippen LogP contribution < -0.4 is 10.5 Å². The average molecular weight is 315 g/mol. The summed E-state index contributed by atoms with van der Waals surface area (Å²) in [6, 6.07) is 14.4. The summed E-state index contributed by atoms with van der Waals surface area (Å²) in [6.45, 7) is 0. The maximum atomic E-state index is 12.3. The number of nitriles is 1. The lowest BCUT2D eigenvalue weighted by Crippen LogP contribution is -2.37. The summed E-state index contributed by atoms with van der Waals surface area (Å²) < 4.78 is 26.9. The van der Waals surface area contributed by atoms with Gasteiger partial charge in [-0.05, 0) is 29.8 Å². The standard InChI is InChI=1S/C15H13N3O3S/c16-10-11-6-8-13(9-7-11)22(20,21)18-14(15(17)19)12-4-2-1-3-5-12/h1-9,14,18H,(H2,17,19)/t14-/m1/s1. The van der Waals surface area contributed by atoms with Gasteiger partial charge in [-0.3, -0.25) is 4.79 Å². The van der Waals surface area contributed by atoms with Gasteiger partial charge in [0.1, 0.15) is 6.04 Å². The summed E-state index contributed by atoms with van der Waals surface area (Å²) in [5.74, 6) is -0.802. The van der Waals surface area contributed by atoms with Gasteiger partial charge in [0.15, 0.2) is 0 Å². The minimum Gasteiger partial charge on any atom is -0.368 e. The molecule has 7 heteroatoms. The number of primary amides is 1. The molecule has 1 atom stereocenters. The monoisotopic (exact) mass is 315 g/mol. The second kappa shape index (κ2) is 6.39. The van der Waals surface area contributed by atoms with Gasteiger partial charge in [0.2, 0.25) is 15.9 Å². The van der Waals surface area contributed by atoms with Crippen molar-refractivity contribution in [3.63, 3.8) is 0 Å². The number of hydrogen-bond donors (Lipinski definition) is 2. The van der Waals surface area contributed by atoms with E-state index in [0.717, 1.165) is 0 Å². The fourth-order valence-corrected chi connectivity index (χ4v) is 3.06. The summed E-state index contributed by atoms with van der Waals surface area (Å²) in [7, 11) is -3.94. The van der Waals surface area contributed by atoms with E-state index < -0.39 is 22.0 Å². The minimum atomic E-state index is -3.94. The lowest BCUT2D eigenvalue weighted by molar-refractivity contribution is -0.119. The quantitative estimate of drug-likeness (QED) is 0.859. The number of carbonyl (C=O) groups is 1. The molecule has 0 bridgehead atoms. The van der Waals surface area contributed by atoms with E-state index in [2.05, 4.69) is 4.72 Å². The highest BCUT2D eigenvalue weighted by atomic mass is 32.2. The zero-order valence-corrected chi connectivity index (χ0v) is 12.2. The Balaban J connectivity index is 2.32. The molecule has 0 heterocycles. The van der Waals surface area contributed by atoms with Gasteiger partial charge < -0.3 is 5.73 Å². The molecule has 22 heavy (non-hydrogen) atoms. The average Bonchev–Trinajstić information content (AvgIpc) is 2.53. The van der Waals surface area contributed by atoms with Gasteiger partial charge in [-0.2, -0.15) is 9.98 Å². The molecule has 0 aliphatic rings. The Morgan fingerprint density at radius 3 is 2.18 bits per heavy atom. The van der Waals surface area contributed by atoms with Crippen molar-refractivity contribution in [2.75, 3.05) is 0 Å². The van der Waals surface area contributed by atoms with Crippen LogP contribution in [0, 0.1) is 11.3 Å². The third-order valence-electron chi connectivity index (χ3n) is 2.98. The Labute approximate surface area is 128 Å². The van der Waals surface area contributed by atoms with Gasteiger partial charge in [-0.25, -0.2) is 8.42 Å². The van der Waals surface area contributed by atoms with Crippen LogP contribution in [0.5, 0.6) is 0 Å². The molecule has 0 saturated carbocycles. The van der Waals surface area contributed by atoms with Crippen LogP contribution in [-0.4, -0.2) is 14.3 Å². The van der Waals surface area contributed by atoms with Crippen molar-refractivity contribution in [2.24, 2.45) is 5.73 Å². The number of amides is 1. The molecule has 2 aromatic carbocycles. The Kier molecular flexibility index (Phi) is 4.56. The molecule has 0 aliphatic heterocycles. The summed E-state index contributed by atoms with van der Waals surface area (Å²) in [6.07, 6.45) is 0. The predicted octanol–water partition coefficient (Wildman–Crippen LogP) is 1.06. The van der Waals surface area contributed by atoms with Gasteiger partial charge >= 0.3 is 0 Å². The Morgan fingerprint density at radius 1 is 1.09 bits per heavy atom. The second-order valence-corrected chi connectivity index (χ2v) is 6.22. The number of sulfonamides is 1. The number of benzene rings is 2. The van der Waals surface area contributed by atoms with E-state index in [-0.39, 0.29) is 4.90 Å². The molecule has 0 unspecified atom stereocenters. The summed E-state index contributed by atoms with van der Waals surface area (Å²) in [5.41, 5.74) is 6.08. The number of nitrogens with two attached hydrogens (primary N) is 1. The van der Waals surface area contributed by atoms with Crippen molar-refractivity contribution in [2.45, 2.75) is 10.9 Å². The van der Waals surface area contributed by atoms with Crippen molar-refractivity contribution >= 4 is 15.9 Å². The highest BCUT2D eigenvalue weighted by molar-refractivity contribution is 7.89. The first-order chi connectivity index (χ1) is 10.4. The maximum Gasteiger partial charge on any atom is 0.241 e. The van der Waals surface area contributed by atoms with Crippen molar-refractivity contribution in [1.29, 1.82) is 5.26 Å². The molecular weight excluding hydrogens is 302 g/mol. The normalized spacial score (nSPS) is 12.3. The predicted molar refractivity (Wildman–Crippen MR) is 79.9 cm³/mol. The zero-order valence-electron chi connectivity index (χ0n) is 11.4. The maximum absolute atomic E-state index is 12.3. The van der Waals surface area contributed by atoms with Crippen molar-refractivity contribution in [1.82, 2.24) is 4.72 Å². The third-order valence-corrected chi connectivity index (χ3v) is 4.42.